The van der Waals surface area contributed by atoms with Crippen LogP contribution in [0, 0.1) is 11.7 Å². The summed E-state index contributed by atoms with van der Waals surface area (Å²) in [6, 6.07) is 9.13. The fourth-order valence-electron chi connectivity index (χ4n) is 3.73. The van der Waals surface area contributed by atoms with E-state index in [0.717, 1.165) is 30.2 Å². The van der Waals surface area contributed by atoms with E-state index in [1.165, 1.54) is 12.1 Å². The Bertz CT molecular complexity index is 1060. The minimum absolute atomic E-state index is 0.0590. The standard InChI is InChI=1S/C22H23F3N4OS/c1-12(15-3-2-4-16(20(15)23)21(24)25)27-19-10-26-29-18-6-5-14(9-17(18)19)28-22(31)13-7-8-30-11-13/h2-6,9-10,12-13,21-22,28,31H,7-8,11H2,1H3,(H,27,29)/t12-,13+,22-/m1/s1. The van der Waals surface area contributed by atoms with Crippen LogP contribution < -0.4 is 10.6 Å². The molecule has 2 heterocycles. The molecule has 31 heavy (non-hydrogen) atoms. The van der Waals surface area contributed by atoms with Gasteiger partial charge in [0.2, 0.25) is 0 Å². The smallest absolute Gasteiger partial charge is 0.266 e. The first kappa shape index (κ1) is 21.7. The number of alkyl halides is 2. The molecule has 3 atom stereocenters. The number of aromatic nitrogens is 2. The van der Waals surface area contributed by atoms with Crippen LogP contribution in [-0.4, -0.2) is 28.8 Å². The van der Waals surface area contributed by atoms with Crippen molar-refractivity contribution in [2.24, 2.45) is 5.92 Å². The molecule has 164 valence electrons. The van der Waals surface area contributed by atoms with Gasteiger partial charge in [0, 0.05) is 29.2 Å². The summed E-state index contributed by atoms with van der Waals surface area (Å²) in [7, 11) is 0. The fourth-order valence-corrected chi connectivity index (χ4v) is 4.12. The Morgan fingerprint density at radius 3 is 2.71 bits per heavy atom. The molecule has 0 radical (unpaired) electrons. The van der Waals surface area contributed by atoms with Gasteiger partial charge in [-0.3, -0.25) is 0 Å². The van der Waals surface area contributed by atoms with Crippen LogP contribution in [0.1, 0.15) is 36.9 Å². The van der Waals surface area contributed by atoms with E-state index in [1.54, 1.807) is 13.1 Å². The Kier molecular flexibility index (Phi) is 6.52. The molecular weight excluding hydrogens is 425 g/mol. The van der Waals surface area contributed by atoms with Crippen molar-refractivity contribution >= 4 is 34.9 Å². The van der Waals surface area contributed by atoms with Crippen molar-refractivity contribution in [2.75, 3.05) is 23.8 Å². The average Bonchev–Trinajstić information content (AvgIpc) is 3.29. The Balaban J connectivity index is 1.59. The molecule has 5 nitrogen and oxygen atoms in total. The van der Waals surface area contributed by atoms with E-state index in [4.69, 9.17) is 4.74 Å². The molecule has 0 spiro atoms. The molecule has 1 aliphatic heterocycles. The molecule has 0 saturated carbocycles. The third-order valence-electron chi connectivity index (χ3n) is 5.50. The van der Waals surface area contributed by atoms with Crippen LogP contribution in [0.3, 0.4) is 0 Å². The van der Waals surface area contributed by atoms with Crippen molar-refractivity contribution < 1.29 is 17.9 Å². The van der Waals surface area contributed by atoms with Gasteiger partial charge < -0.3 is 15.4 Å². The molecule has 0 amide bonds. The SMILES string of the molecule is C[C@@H](Nc1cnnc2ccc(N[C@H](S)[C@H]3CCOC3)cc12)c1cccc(C(F)F)c1F. The summed E-state index contributed by atoms with van der Waals surface area (Å²) in [5.74, 6) is -0.583. The monoisotopic (exact) mass is 448 g/mol. The van der Waals surface area contributed by atoms with Crippen molar-refractivity contribution in [1.29, 1.82) is 0 Å². The summed E-state index contributed by atoms with van der Waals surface area (Å²) in [6.45, 7) is 3.13. The first-order valence-corrected chi connectivity index (χ1v) is 10.6. The van der Waals surface area contributed by atoms with Gasteiger partial charge in [-0.15, -0.1) is 0 Å². The van der Waals surface area contributed by atoms with Gasteiger partial charge in [-0.05, 0) is 31.5 Å². The van der Waals surface area contributed by atoms with Gasteiger partial charge in [0.05, 0.1) is 41.0 Å². The summed E-state index contributed by atoms with van der Waals surface area (Å²) in [5.41, 5.74) is 1.70. The van der Waals surface area contributed by atoms with Gasteiger partial charge in [-0.1, -0.05) is 18.2 Å². The zero-order valence-electron chi connectivity index (χ0n) is 16.9. The predicted octanol–water partition coefficient (Wildman–Crippen LogP) is 5.58. The average molecular weight is 449 g/mol. The number of rotatable bonds is 7. The highest BCUT2D eigenvalue weighted by Gasteiger charge is 2.23. The van der Waals surface area contributed by atoms with Gasteiger partial charge in [0.25, 0.3) is 6.43 Å². The van der Waals surface area contributed by atoms with Crippen molar-refractivity contribution in [2.45, 2.75) is 31.2 Å². The lowest BCUT2D eigenvalue weighted by Crippen LogP contribution is -2.23. The summed E-state index contributed by atoms with van der Waals surface area (Å²) >= 11 is 4.66. The minimum atomic E-state index is -2.87. The summed E-state index contributed by atoms with van der Waals surface area (Å²) in [5, 5.41) is 15.4. The fraction of sp³-hybridized carbons (Fsp3) is 0.364. The molecule has 2 N–H and O–H groups in total. The quantitative estimate of drug-likeness (QED) is 0.325. The first-order chi connectivity index (χ1) is 14.9. The van der Waals surface area contributed by atoms with Crippen LogP contribution in [0.25, 0.3) is 10.9 Å². The predicted molar refractivity (Wildman–Crippen MR) is 118 cm³/mol. The molecule has 0 unspecified atom stereocenters. The molecule has 1 saturated heterocycles. The number of nitrogens with zero attached hydrogens (tertiary/aromatic N) is 2. The van der Waals surface area contributed by atoms with E-state index in [9.17, 15) is 13.2 Å². The zero-order valence-corrected chi connectivity index (χ0v) is 17.8. The molecule has 0 bridgehead atoms. The first-order valence-electron chi connectivity index (χ1n) is 10.0. The number of benzene rings is 2. The van der Waals surface area contributed by atoms with E-state index >= 15 is 0 Å². The highest BCUT2D eigenvalue weighted by molar-refractivity contribution is 7.81. The maximum absolute atomic E-state index is 14.6. The maximum Gasteiger partial charge on any atom is 0.266 e. The van der Waals surface area contributed by atoms with Gasteiger partial charge in [0.1, 0.15) is 5.82 Å². The van der Waals surface area contributed by atoms with Crippen LogP contribution in [0.2, 0.25) is 0 Å². The van der Waals surface area contributed by atoms with E-state index in [-0.39, 0.29) is 10.9 Å². The number of ether oxygens (including phenoxy) is 1. The summed E-state index contributed by atoms with van der Waals surface area (Å²) in [6.07, 6.45) is -0.377. The summed E-state index contributed by atoms with van der Waals surface area (Å²) < 4.78 is 46.1. The molecule has 2 aromatic carbocycles. The minimum Gasteiger partial charge on any atom is -0.381 e. The second-order valence-electron chi connectivity index (χ2n) is 7.62. The van der Waals surface area contributed by atoms with E-state index in [1.807, 2.05) is 18.2 Å². The van der Waals surface area contributed by atoms with Gasteiger partial charge in [0.15, 0.2) is 0 Å². The Labute approximate surface area is 183 Å². The van der Waals surface area contributed by atoms with Crippen LogP contribution in [0.4, 0.5) is 24.5 Å². The number of hydrogen-bond donors (Lipinski definition) is 3. The normalized spacial score (nSPS) is 18.3. The lowest BCUT2D eigenvalue weighted by molar-refractivity contribution is 0.146. The van der Waals surface area contributed by atoms with Crippen LogP contribution in [0.15, 0.2) is 42.6 Å². The van der Waals surface area contributed by atoms with Crippen LogP contribution >= 0.6 is 12.6 Å². The lowest BCUT2D eigenvalue weighted by atomic mass is 10.0. The molecule has 1 aliphatic rings. The number of fused-ring (bicyclic) bond motifs is 1. The van der Waals surface area contributed by atoms with Crippen molar-refractivity contribution in [3.8, 4) is 0 Å². The number of thiol groups is 1. The lowest BCUT2D eigenvalue weighted by Gasteiger charge is -2.21. The number of anilines is 2. The third kappa shape index (κ3) is 4.72. The van der Waals surface area contributed by atoms with Gasteiger partial charge in [-0.2, -0.15) is 22.8 Å². The second kappa shape index (κ2) is 9.32. The molecule has 3 aromatic rings. The molecular formula is C22H23F3N4OS. The zero-order chi connectivity index (χ0) is 22.0. The Morgan fingerprint density at radius 2 is 1.97 bits per heavy atom. The highest BCUT2D eigenvalue weighted by atomic mass is 32.1. The Morgan fingerprint density at radius 1 is 1.16 bits per heavy atom. The molecule has 1 fully saturated rings. The van der Waals surface area contributed by atoms with Crippen LogP contribution in [-0.2, 0) is 4.74 Å². The number of nitrogens with one attached hydrogen (secondary N) is 2. The molecule has 0 aliphatic carbocycles. The second-order valence-corrected chi connectivity index (χ2v) is 8.18. The largest absolute Gasteiger partial charge is 0.381 e. The number of halogens is 3. The topological polar surface area (TPSA) is 59.1 Å². The van der Waals surface area contributed by atoms with Crippen molar-refractivity contribution in [1.82, 2.24) is 10.2 Å². The van der Waals surface area contributed by atoms with Crippen molar-refractivity contribution in [3.05, 3.63) is 59.5 Å². The van der Waals surface area contributed by atoms with E-state index in [2.05, 4.69) is 33.5 Å². The highest BCUT2D eigenvalue weighted by Crippen LogP contribution is 2.32. The van der Waals surface area contributed by atoms with Gasteiger partial charge >= 0.3 is 0 Å². The molecule has 1 aromatic heterocycles. The van der Waals surface area contributed by atoms with Gasteiger partial charge in [-0.25, -0.2) is 13.2 Å². The molecule has 4 rings (SSSR count). The summed E-state index contributed by atoms with van der Waals surface area (Å²) in [4.78, 5) is 0. The maximum atomic E-state index is 14.6. The van der Waals surface area contributed by atoms with Crippen LogP contribution in [0.5, 0.6) is 0 Å². The number of hydrogen-bond acceptors (Lipinski definition) is 6. The Hall–Kier alpha value is -2.52. The van der Waals surface area contributed by atoms with E-state index < -0.39 is 23.8 Å². The van der Waals surface area contributed by atoms with E-state index in [0.29, 0.717) is 23.7 Å². The van der Waals surface area contributed by atoms with Crippen molar-refractivity contribution in [3.63, 3.8) is 0 Å². The molecule has 9 heteroatoms. The third-order valence-corrected chi connectivity index (χ3v) is 6.05.